The summed E-state index contributed by atoms with van der Waals surface area (Å²) < 4.78 is 5.62. The molecule has 8 nitrogen and oxygen atoms in total. The van der Waals surface area contributed by atoms with E-state index in [2.05, 4.69) is 4.90 Å². The summed E-state index contributed by atoms with van der Waals surface area (Å²) in [5.74, 6) is 0.549. The summed E-state index contributed by atoms with van der Waals surface area (Å²) in [7, 11) is 0. The van der Waals surface area contributed by atoms with Crippen molar-refractivity contribution in [3.8, 4) is 5.75 Å². The second kappa shape index (κ2) is 9.59. The molecule has 1 aliphatic heterocycles. The van der Waals surface area contributed by atoms with Crippen molar-refractivity contribution in [1.29, 1.82) is 0 Å². The van der Waals surface area contributed by atoms with Crippen molar-refractivity contribution in [2.45, 2.75) is 27.2 Å². The molecule has 31 heavy (non-hydrogen) atoms. The van der Waals surface area contributed by atoms with E-state index in [1.54, 1.807) is 19.1 Å². The Morgan fingerprint density at radius 2 is 1.77 bits per heavy atom. The minimum atomic E-state index is -0.429. The SMILES string of the molecule is Cc1cc(N2CCN(C(=O)CCOc3ccc([N+](=O)[O-])c(C)c3)CC2)c(C)cc1C=O. The molecule has 0 saturated carbocycles. The Labute approximate surface area is 181 Å². The Hall–Kier alpha value is -3.42. The van der Waals surface area contributed by atoms with Crippen molar-refractivity contribution in [3.63, 3.8) is 0 Å². The molecule has 0 N–H and O–H groups in total. The van der Waals surface area contributed by atoms with Crippen molar-refractivity contribution in [1.82, 2.24) is 4.90 Å². The highest BCUT2D eigenvalue weighted by Gasteiger charge is 2.22. The molecule has 0 radical (unpaired) electrons. The zero-order valence-electron chi connectivity index (χ0n) is 18.1. The zero-order valence-corrected chi connectivity index (χ0v) is 18.1. The van der Waals surface area contributed by atoms with Gasteiger partial charge < -0.3 is 14.5 Å². The maximum atomic E-state index is 12.5. The lowest BCUT2D eigenvalue weighted by Gasteiger charge is -2.37. The Morgan fingerprint density at radius 1 is 1.06 bits per heavy atom. The van der Waals surface area contributed by atoms with E-state index in [4.69, 9.17) is 4.74 Å². The van der Waals surface area contributed by atoms with Crippen molar-refractivity contribution in [2.75, 3.05) is 37.7 Å². The monoisotopic (exact) mass is 425 g/mol. The van der Waals surface area contributed by atoms with Crippen LogP contribution in [-0.2, 0) is 4.79 Å². The number of piperazine rings is 1. The van der Waals surface area contributed by atoms with Gasteiger partial charge in [-0.05, 0) is 56.2 Å². The molecule has 0 aliphatic carbocycles. The predicted molar refractivity (Wildman–Crippen MR) is 118 cm³/mol. The molecule has 8 heteroatoms. The van der Waals surface area contributed by atoms with Crippen LogP contribution in [0.4, 0.5) is 11.4 Å². The fraction of sp³-hybridized carbons (Fsp3) is 0.391. The molecule has 1 heterocycles. The lowest BCUT2D eigenvalue weighted by atomic mass is 10.0. The highest BCUT2D eigenvalue weighted by Crippen LogP contribution is 2.25. The van der Waals surface area contributed by atoms with Crippen molar-refractivity contribution in [2.24, 2.45) is 0 Å². The topological polar surface area (TPSA) is 93.0 Å². The first-order chi connectivity index (χ1) is 14.8. The Morgan fingerprint density at radius 3 is 2.39 bits per heavy atom. The number of nitrogens with zero attached hydrogens (tertiary/aromatic N) is 3. The van der Waals surface area contributed by atoms with Gasteiger partial charge in [0.2, 0.25) is 5.91 Å². The maximum absolute atomic E-state index is 12.5. The van der Waals surface area contributed by atoms with E-state index in [1.165, 1.54) is 6.07 Å². The van der Waals surface area contributed by atoms with Crippen LogP contribution in [0.25, 0.3) is 0 Å². The number of anilines is 1. The molecule has 0 aromatic heterocycles. The van der Waals surface area contributed by atoms with Crippen LogP contribution in [0.2, 0.25) is 0 Å². The highest BCUT2D eigenvalue weighted by molar-refractivity contribution is 5.80. The third kappa shape index (κ3) is 5.20. The van der Waals surface area contributed by atoms with E-state index < -0.39 is 4.92 Å². The summed E-state index contributed by atoms with van der Waals surface area (Å²) in [6, 6.07) is 8.52. The molecule has 0 unspecified atom stereocenters. The Balaban J connectivity index is 1.49. The van der Waals surface area contributed by atoms with E-state index in [1.807, 2.05) is 30.9 Å². The number of benzene rings is 2. The Bertz CT molecular complexity index is 997. The van der Waals surface area contributed by atoms with E-state index in [0.29, 0.717) is 30.0 Å². The lowest BCUT2D eigenvalue weighted by Crippen LogP contribution is -2.49. The fourth-order valence-electron chi connectivity index (χ4n) is 3.82. The number of carbonyl (C=O) groups is 2. The molecular formula is C23H27N3O5. The second-order valence-corrected chi connectivity index (χ2v) is 7.78. The van der Waals surface area contributed by atoms with E-state index in [-0.39, 0.29) is 24.6 Å². The largest absolute Gasteiger partial charge is 0.493 e. The van der Waals surface area contributed by atoms with Crippen molar-refractivity contribution >= 4 is 23.6 Å². The number of carbonyl (C=O) groups excluding carboxylic acids is 2. The van der Waals surface area contributed by atoms with Crippen LogP contribution >= 0.6 is 0 Å². The number of hydrogen-bond donors (Lipinski definition) is 0. The van der Waals surface area contributed by atoms with Crippen LogP contribution in [0.5, 0.6) is 5.75 Å². The molecule has 2 aromatic carbocycles. The third-order valence-corrected chi connectivity index (χ3v) is 5.63. The third-order valence-electron chi connectivity index (χ3n) is 5.63. The fourth-order valence-corrected chi connectivity index (χ4v) is 3.82. The zero-order chi connectivity index (χ0) is 22.5. The number of aryl methyl sites for hydroxylation is 3. The molecule has 0 atom stereocenters. The van der Waals surface area contributed by atoms with Gasteiger partial charge in [-0.2, -0.15) is 0 Å². The van der Waals surface area contributed by atoms with Crippen LogP contribution in [-0.4, -0.2) is 54.8 Å². The lowest BCUT2D eigenvalue weighted by molar-refractivity contribution is -0.385. The molecule has 3 rings (SSSR count). The van der Waals surface area contributed by atoms with Crippen LogP contribution < -0.4 is 9.64 Å². The van der Waals surface area contributed by atoms with Gasteiger partial charge in [-0.3, -0.25) is 19.7 Å². The van der Waals surface area contributed by atoms with Gasteiger partial charge in [-0.15, -0.1) is 0 Å². The minimum absolute atomic E-state index is 0.0301. The first-order valence-corrected chi connectivity index (χ1v) is 10.3. The summed E-state index contributed by atoms with van der Waals surface area (Å²) in [5.41, 5.74) is 4.39. The predicted octanol–water partition coefficient (Wildman–Crippen LogP) is 3.45. The molecule has 1 amide bonds. The summed E-state index contributed by atoms with van der Waals surface area (Å²) >= 11 is 0. The van der Waals surface area contributed by atoms with Crippen molar-refractivity contribution in [3.05, 3.63) is 62.7 Å². The summed E-state index contributed by atoms with van der Waals surface area (Å²) in [4.78, 5) is 38.2. The van der Waals surface area contributed by atoms with Gasteiger partial charge in [-0.1, -0.05) is 0 Å². The van der Waals surface area contributed by atoms with Crippen LogP contribution in [0, 0.1) is 30.9 Å². The molecule has 0 spiro atoms. The van der Waals surface area contributed by atoms with Gasteiger partial charge in [-0.25, -0.2) is 0 Å². The average molecular weight is 425 g/mol. The normalized spacial score (nSPS) is 13.8. The number of ether oxygens (including phenoxy) is 1. The van der Waals surface area contributed by atoms with Crippen LogP contribution in [0.3, 0.4) is 0 Å². The summed E-state index contributed by atoms with van der Waals surface area (Å²) in [6.07, 6.45) is 1.13. The smallest absolute Gasteiger partial charge is 0.272 e. The molecule has 164 valence electrons. The van der Waals surface area contributed by atoms with Gasteiger partial charge >= 0.3 is 0 Å². The molecule has 1 aliphatic rings. The van der Waals surface area contributed by atoms with E-state index in [0.717, 1.165) is 36.2 Å². The van der Waals surface area contributed by atoms with Gasteiger partial charge in [0, 0.05) is 49.1 Å². The standard InChI is InChI=1S/C23H27N3O5/c1-16-14-22(17(2)12-19(16)15-27)24-7-9-25(10-8-24)23(28)6-11-31-20-4-5-21(26(29)30)18(3)13-20/h4-5,12-15H,6-11H2,1-3H3. The van der Waals surface area contributed by atoms with Gasteiger partial charge in [0.1, 0.15) is 12.0 Å². The second-order valence-electron chi connectivity index (χ2n) is 7.78. The van der Waals surface area contributed by atoms with Crippen molar-refractivity contribution < 1.29 is 19.2 Å². The molecule has 1 saturated heterocycles. The number of hydrogen-bond acceptors (Lipinski definition) is 6. The summed E-state index contributed by atoms with van der Waals surface area (Å²) in [6.45, 7) is 8.53. The number of nitro benzene ring substituents is 1. The quantitative estimate of drug-likeness (QED) is 0.383. The molecule has 0 bridgehead atoms. The van der Waals surface area contributed by atoms with Gasteiger partial charge in [0.15, 0.2) is 0 Å². The van der Waals surface area contributed by atoms with Crippen LogP contribution in [0.15, 0.2) is 30.3 Å². The number of amides is 1. The average Bonchev–Trinajstić information content (AvgIpc) is 2.75. The first kappa shape index (κ1) is 22.3. The summed E-state index contributed by atoms with van der Waals surface area (Å²) in [5, 5.41) is 10.9. The Kier molecular flexibility index (Phi) is 6.89. The molecule has 2 aromatic rings. The van der Waals surface area contributed by atoms with Gasteiger partial charge in [0.25, 0.3) is 5.69 Å². The minimum Gasteiger partial charge on any atom is -0.493 e. The van der Waals surface area contributed by atoms with E-state index in [9.17, 15) is 19.7 Å². The van der Waals surface area contributed by atoms with E-state index >= 15 is 0 Å². The first-order valence-electron chi connectivity index (χ1n) is 10.3. The maximum Gasteiger partial charge on any atom is 0.272 e. The number of aldehydes is 1. The highest BCUT2D eigenvalue weighted by atomic mass is 16.6. The van der Waals surface area contributed by atoms with Crippen LogP contribution in [0.1, 0.15) is 33.5 Å². The molecular weight excluding hydrogens is 398 g/mol. The number of rotatable bonds is 7. The number of nitro groups is 1. The molecule has 1 fully saturated rings. The van der Waals surface area contributed by atoms with Gasteiger partial charge in [0.05, 0.1) is 18.0 Å².